The summed E-state index contributed by atoms with van der Waals surface area (Å²) >= 11 is 0. The van der Waals surface area contributed by atoms with E-state index in [0.29, 0.717) is 41.7 Å². The van der Waals surface area contributed by atoms with Crippen molar-refractivity contribution in [3.8, 4) is 0 Å². The molecular formula is C20H32N4O3. The van der Waals surface area contributed by atoms with Crippen LogP contribution in [-0.4, -0.2) is 46.3 Å². The van der Waals surface area contributed by atoms with Crippen molar-refractivity contribution in [1.82, 2.24) is 9.97 Å². The Morgan fingerprint density at radius 3 is 2.70 bits per heavy atom. The van der Waals surface area contributed by atoms with Crippen LogP contribution in [0.5, 0.6) is 0 Å². The molecule has 0 unspecified atom stereocenters. The number of methoxy groups -OCH3 is 1. The van der Waals surface area contributed by atoms with E-state index in [1.54, 1.807) is 13.3 Å². The van der Waals surface area contributed by atoms with Crippen molar-refractivity contribution in [2.24, 2.45) is 11.7 Å². The molecule has 2 fully saturated rings. The van der Waals surface area contributed by atoms with E-state index < -0.39 is 5.91 Å². The number of anilines is 1. The molecule has 0 bridgehead atoms. The Bertz CT molecular complexity index is 632. The van der Waals surface area contributed by atoms with E-state index in [2.05, 4.69) is 15.3 Å². The quantitative estimate of drug-likeness (QED) is 0.658. The van der Waals surface area contributed by atoms with Crippen molar-refractivity contribution >= 4 is 11.9 Å². The molecule has 1 amide bonds. The Morgan fingerprint density at radius 1 is 1.26 bits per heavy atom. The van der Waals surface area contributed by atoms with Crippen LogP contribution in [0.2, 0.25) is 0 Å². The predicted molar refractivity (Wildman–Crippen MR) is 104 cm³/mol. The molecule has 0 aromatic carbocycles. The fourth-order valence-electron chi connectivity index (χ4n) is 4.37. The van der Waals surface area contributed by atoms with E-state index in [-0.39, 0.29) is 6.10 Å². The molecule has 150 valence electrons. The average molecular weight is 377 g/mol. The van der Waals surface area contributed by atoms with E-state index in [9.17, 15) is 9.90 Å². The Labute approximate surface area is 161 Å². The number of amides is 1. The van der Waals surface area contributed by atoms with Gasteiger partial charge in [0.1, 0.15) is 0 Å². The number of aromatic nitrogens is 2. The molecular weight excluding hydrogens is 344 g/mol. The smallest absolute Gasteiger partial charge is 0.252 e. The number of rotatable bonds is 6. The standard InChI is InChI=1S/C20H32N4O3/c1-27-16-8-6-14(7-9-16)23-20-22-12-17(19(21)26)18(24-20)11-13-4-2-3-5-15(25)10-13/h12-16,25H,2-11H2,1H3,(H2,21,26)(H,22,23,24)/t13-,14?,15+,16?/m0/s1. The van der Waals surface area contributed by atoms with Crippen LogP contribution in [0.1, 0.15) is 73.8 Å². The van der Waals surface area contributed by atoms with Gasteiger partial charge in [0.05, 0.1) is 23.5 Å². The molecule has 7 nitrogen and oxygen atoms in total. The molecule has 0 saturated heterocycles. The number of carbonyl (C=O) groups excluding carboxylic acids is 1. The SMILES string of the molecule is COC1CCC(Nc2ncc(C(N)=O)c(C[C@H]3CCCC[C@@H](O)C3)n2)CC1. The van der Waals surface area contributed by atoms with Gasteiger partial charge in [0.15, 0.2) is 0 Å². The van der Waals surface area contributed by atoms with Crippen LogP contribution in [0.15, 0.2) is 6.20 Å². The third-order valence-corrected chi connectivity index (χ3v) is 5.96. The lowest BCUT2D eigenvalue weighted by Gasteiger charge is -2.28. The highest BCUT2D eigenvalue weighted by molar-refractivity contribution is 5.93. The number of carbonyl (C=O) groups is 1. The molecule has 4 N–H and O–H groups in total. The third-order valence-electron chi connectivity index (χ3n) is 5.96. The number of nitrogens with zero attached hydrogens (tertiary/aromatic N) is 2. The average Bonchev–Trinajstić information content (AvgIpc) is 2.86. The minimum Gasteiger partial charge on any atom is -0.393 e. The van der Waals surface area contributed by atoms with Gasteiger partial charge < -0.3 is 20.9 Å². The maximum atomic E-state index is 11.8. The molecule has 1 aromatic heterocycles. The van der Waals surface area contributed by atoms with E-state index in [1.807, 2.05) is 0 Å². The van der Waals surface area contributed by atoms with E-state index in [1.165, 1.54) is 0 Å². The Kier molecular flexibility index (Phi) is 7.01. The van der Waals surface area contributed by atoms with Gasteiger partial charge in [-0.25, -0.2) is 9.97 Å². The number of aliphatic hydroxyl groups excluding tert-OH is 1. The maximum absolute atomic E-state index is 11.8. The zero-order chi connectivity index (χ0) is 19.2. The highest BCUT2D eigenvalue weighted by atomic mass is 16.5. The molecule has 2 aliphatic carbocycles. The number of nitrogens with one attached hydrogen (secondary N) is 1. The van der Waals surface area contributed by atoms with Crippen molar-refractivity contribution in [1.29, 1.82) is 0 Å². The van der Waals surface area contributed by atoms with E-state index in [0.717, 1.165) is 57.8 Å². The first kappa shape index (κ1) is 20.0. The molecule has 3 rings (SSSR count). The van der Waals surface area contributed by atoms with Gasteiger partial charge in [-0.15, -0.1) is 0 Å². The minimum absolute atomic E-state index is 0.259. The van der Waals surface area contributed by atoms with Crippen molar-refractivity contribution in [2.45, 2.75) is 82.5 Å². The molecule has 0 spiro atoms. The largest absolute Gasteiger partial charge is 0.393 e. The second-order valence-electron chi connectivity index (χ2n) is 8.02. The Morgan fingerprint density at radius 2 is 2.00 bits per heavy atom. The van der Waals surface area contributed by atoms with Crippen molar-refractivity contribution in [3.05, 3.63) is 17.5 Å². The van der Waals surface area contributed by atoms with Gasteiger partial charge in [0.25, 0.3) is 5.91 Å². The zero-order valence-corrected chi connectivity index (χ0v) is 16.2. The molecule has 2 saturated carbocycles. The van der Waals surface area contributed by atoms with Crippen LogP contribution < -0.4 is 11.1 Å². The van der Waals surface area contributed by atoms with Gasteiger partial charge in [-0.1, -0.05) is 12.8 Å². The second-order valence-corrected chi connectivity index (χ2v) is 8.02. The summed E-state index contributed by atoms with van der Waals surface area (Å²) in [6.07, 6.45) is 11.2. The fraction of sp³-hybridized carbons (Fsp3) is 0.750. The van der Waals surface area contributed by atoms with Gasteiger partial charge in [-0.05, 0) is 57.3 Å². The first-order valence-electron chi connectivity index (χ1n) is 10.2. The lowest BCUT2D eigenvalue weighted by Crippen LogP contribution is -2.30. The van der Waals surface area contributed by atoms with Gasteiger partial charge in [-0.2, -0.15) is 0 Å². The summed E-state index contributed by atoms with van der Waals surface area (Å²) in [6.45, 7) is 0. The van der Waals surface area contributed by atoms with Crippen molar-refractivity contribution in [3.63, 3.8) is 0 Å². The summed E-state index contributed by atoms with van der Waals surface area (Å²) < 4.78 is 5.42. The molecule has 1 aromatic rings. The summed E-state index contributed by atoms with van der Waals surface area (Å²) in [4.78, 5) is 20.8. The summed E-state index contributed by atoms with van der Waals surface area (Å²) in [5.74, 6) is 0.386. The van der Waals surface area contributed by atoms with Crippen LogP contribution in [0.25, 0.3) is 0 Å². The highest BCUT2D eigenvalue weighted by Gasteiger charge is 2.24. The first-order chi connectivity index (χ1) is 13.0. The summed E-state index contributed by atoms with van der Waals surface area (Å²) in [5, 5.41) is 13.5. The number of hydrogen-bond donors (Lipinski definition) is 3. The van der Waals surface area contributed by atoms with Crippen molar-refractivity contribution in [2.75, 3.05) is 12.4 Å². The molecule has 1 heterocycles. The summed E-state index contributed by atoms with van der Waals surface area (Å²) in [6, 6.07) is 0.323. The topological polar surface area (TPSA) is 110 Å². The molecule has 27 heavy (non-hydrogen) atoms. The first-order valence-corrected chi connectivity index (χ1v) is 10.2. The highest BCUT2D eigenvalue weighted by Crippen LogP contribution is 2.28. The monoisotopic (exact) mass is 376 g/mol. The molecule has 7 heteroatoms. The Balaban J connectivity index is 1.69. The van der Waals surface area contributed by atoms with Crippen LogP contribution in [-0.2, 0) is 11.2 Å². The molecule has 0 aliphatic heterocycles. The number of aliphatic hydroxyl groups is 1. The third kappa shape index (κ3) is 5.62. The second kappa shape index (κ2) is 9.46. The molecule has 2 aliphatic rings. The number of nitrogens with two attached hydrogens (primary N) is 1. The van der Waals surface area contributed by atoms with Gasteiger partial charge in [0, 0.05) is 19.3 Å². The molecule has 0 radical (unpaired) electrons. The summed E-state index contributed by atoms with van der Waals surface area (Å²) in [5.41, 5.74) is 6.63. The normalized spacial score (nSPS) is 29.1. The van der Waals surface area contributed by atoms with Crippen LogP contribution in [0.4, 0.5) is 5.95 Å². The van der Waals surface area contributed by atoms with Gasteiger partial charge in [0.2, 0.25) is 5.95 Å². The lowest BCUT2D eigenvalue weighted by atomic mass is 9.92. The lowest BCUT2D eigenvalue weighted by molar-refractivity contribution is 0.0681. The zero-order valence-electron chi connectivity index (χ0n) is 16.2. The van der Waals surface area contributed by atoms with E-state index >= 15 is 0 Å². The summed E-state index contributed by atoms with van der Waals surface area (Å²) in [7, 11) is 1.76. The van der Waals surface area contributed by atoms with Gasteiger partial charge in [-0.3, -0.25) is 4.79 Å². The number of hydrogen-bond acceptors (Lipinski definition) is 6. The predicted octanol–water partition coefficient (Wildman–Crippen LogP) is 2.43. The number of ether oxygens (including phenoxy) is 1. The van der Waals surface area contributed by atoms with Gasteiger partial charge >= 0.3 is 0 Å². The fourth-order valence-corrected chi connectivity index (χ4v) is 4.37. The maximum Gasteiger partial charge on any atom is 0.252 e. The number of primary amides is 1. The van der Waals surface area contributed by atoms with Crippen LogP contribution in [0, 0.1) is 5.92 Å². The minimum atomic E-state index is -0.494. The Hall–Kier alpha value is -1.73. The van der Waals surface area contributed by atoms with E-state index in [4.69, 9.17) is 10.5 Å². The van der Waals surface area contributed by atoms with Crippen LogP contribution in [0.3, 0.4) is 0 Å². The van der Waals surface area contributed by atoms with Crippen molar-refractivity contribution < 1.29 is 14.6 Å². The molecule has 2 atom stereocenters. The van der Waals surface area contributed by atoms with Crippen LogP contribution >= 0.6 is 0 Å².